The molecule has 20 heavy (non-hydrogen) atoms. The molecule has 1 aromatic heterocycles. The average Bonchev–Trinajstić information content (AvgIpc) is 2.91. The SMILES string of the molecule is O=C(Nc1ccccc1-n1cccn1)C1CC2CC2C1. The van der Waals surface area contributed by atoms with E-state index in [9.17, 15) is 4.79 Å². The second-order valence-electron chi connectivity index (χ2n) is 5.88. The lowest BCUT2D eigenvalue weighted by molar-refractivity contribution is -0.120. The topological polar surface area (TPSA) is 46.9 Å². The first-order valence-corrected chi connectivity index (χ1v) is 7.21. The molecule has 0 spiro atoms. The fourth-order valence-electron chi connectivity index (χ4n) is 3.35. The van der Waals surface area contributed by atoms with Gasteiger partial charge in [-0.1, -0.05) is 12.1 Å². The highest BCUT2D eigenvalue weighted by Gasteiger charge is 2.48. The van der Waals surface area contributed by atoms with E-state index in [1.54, 1.807) is 10.9 Å². The fraction of sp³-hybridized carbons (Fsp3) is 0.375. The first kappa shape index (κ1) is 11.7. The zero-order chi connectivity index (χ0) is 13.5. The van der Waals surface area contributed by atoms with Crippen LogP contribution in [0.15, 0.2) is 42.7 Å². The van der Waals surface area contributed by atoms with E-state index in [1.165, 1.54) is 6.42 Å². The van der Waals surface area contributed by atoms with Crippen LogP contribution in [-0.4, -0.2) is 15.7 Å². The third kappa shape index (κ3) is 2.01. The standard InChI is InChI=1S/C16H17N3O/c20-16(13-9-11-8-12(11)10-13)18-14-4-1-2-5-15(14)19-7-3-6-17-19/h1-7,11-13H,8-10H2,(H,18,20). The van der Waals surface area contributed by atoms with Gasteiger partial charge in [-0.15, -0.1) is 0 Å². The number of hydrogen-bond donors (Lipinski definition) is 1. The number of nitrogens with one attached hydrogen (secondary N) is 1. The van der Waals surface area contributed by atoms with E-state index in [0.717, 1.165) is 36.1 Å². The zero-order valence-electron chi connectivity index (χ0n) is 11.2. The zero-order valence-corrected chi connectivity index (χ0v) is 11.2. The summed E-state index contributed by atoms with van der Waals surface area (Å²) in [6, 6.07) is 9.68. The summed E-state index contributed by atoms with van der Waals surface area (Å²) in [5.74, 6) is 2.01. The summed E-state index contributed by atoms with van der Waals surface area (Å²) in [6.45, 7) is 0. The molecule has 2 aliphatic carbocycles. The fourth-order valence-corrected chi connectivity index (χ4v) is 3.35. The van der Waals surface area contributed by atoms with E-state index < -0.39 is 0 Å². The largest absolute Gasteiger partial charge is 0.324 e. The molecule has 2 atom stereocenters. The average molecular weight is 267 g/mol. The molecule has 0 saturated heterocycles. The molecule has 1 aromatic carbocycles. The van der Waals surface area contributed by atoms with Gasteiger partial charge < -0.3 is 5.32 Å². The normalized spacial score (nSPS) is 27.1. The lowest BCUT2D eigenvalue weighted by Crippen LogP contribution is -2.22. The third-order valence-electron chi connectivity index (χ3n) is 4.53. The van der Waals surface area contributed by atoms with Gasteiger partial charge in [-0.05, 0) is 49.3 Å². The van der Waals surface area contributed by atoms with Crippen molar-refractivity contribution in [2.24, 2.45) is 17.8 Å². The number of carbonyl (C=O) groups excluding carboxylic acids is 1. The molecule has 2 saturated carbocycles. The minimum absolute atomic E-state index is 0.164. The van der Waals surface area contributed by atoms with Crippen LogP contribution in [0, 0.1) is 17.8 Å². The number of carbonyl (C=O) groups is 1. The van der Waals surface area contributed by atoms with Gasteiger partial charge in [0.25, 0.3) is 0 Å². The maximum Gasteiger partial charge on any atom is 0.227 e. The number of nitrogens with zero attached hydrogens (tertiary/aromatic N) is 2. The molecule has 2 aliphatic rings. The van der Waals surface area contributed by atoms with Gasteiger partial charge in [0.1, 0.15) is 0 Å². The van der Waals surface area contributed by atoms with E-state index in [4.69, 9.17) is 0 Å². The highest BCUT2D eigenvalue weighted by molar-refractivity contribution is 5.94. The number of fused-ring (bicyclic) bond motifs is 1. The predicted octanol–water partition coefficient (Wildman–Crippen LogP) is 2.86. The van der Waals surface area contributed by atoms with Gasteiger partial charge in [0.05, 0.1) is 11.4 Å². The first-order valence-electron chi connectivity index (χ1n) is 7.21. The van der Waals surface area contributed by atoms with Crippen LogP contribution in [0.1, 0.15) is 19.3 Å². The molecule has 0 radical (unpaired) electrons. The number of anilines is 1. The predicted molar refractivity (Wildman–Crippen MR) is 76.5 cm³/mol. The molecule has 2 aromatic rings. The van der Waals surface area contributed by atoms with Gasteiger partial charge in [0.15, 0.2) is 0 Å². The first-order chi connectivity index (χ1) is 9.81. The molecular weight excluding hydrogens is 250 g/mol. The Morgan fingerprint density at radius 3 is 2.70 bits per heavy atom. The molecule has 4 heteroatoms. The maximum absolute atomic E-state index is 12.4. The van der Waals surface area contributed by atoms with Crippen LogP contribution in [-0.2, 0) is 4.79 Å². The van der Waals surface area contributed by atoms with Crippen LogP contribution < -0.4 is 5.32 Å². The minimum atomic E-state index is 0.164. The van der Waals surface area contributed by atoms with Gasteiger partial charge >= 0.3 is 0 Å². The van der Waals surface area contributed by atoms with E-state index in [0.29, 0.717) is 0 Å². The van der Waals surface area contributed by atoms with Crippen LogP contribution >= 0.6 is 0 Å². The number of amides is 1. The van der Waals surface area contributed by atoms with Gasteiger partial charge in [0, 0.05) is 18.3 Å². The monoisotopic (exact) mass is 267 g/mol. The van der Waals surface area contributed by atoms with E-state index in [-0.39, 0.29) is 11.8 Å². The Balaban J connectivity index is 1.55. The lowest BCUT2D eigenvalue weighted by atomic mass is 10.0. The van der Waals surface area contributed by atoms with Crippen LogP contribution in [0.3, 0.4) is 0 Å². The lowest BCUT2D eigenvalue weighted by Gasteiger charge is -2.15. The van der Waals surface area contributed by atoms with Gasteiger partial charge in [-0.25, -0.2) is 4.68 Å². The van der Waals surface area contributed by atoms with Gasteiger partial charge in [-0.3, -0.25) is 4.79 Å². The third-order valence-corrected chi connectivity index (χ3v) is 4.53. The molecule has 2 fully saturated rings. The molecule has 4 rings (SSSR count). The maximum atomic E-state index is 12.4. The van der Waals surface area contributed by atoms with Crippen LogP contribution in [0.25, 0.3) is 5.69 Å². The molecule has 2 unspecified atom stereocenters. The number of hydrogen-bond acceptors (Lipinski definition) is 2. The van der Waals surface area contributed by atoms with Crippen molar-refractivity contribution < 1.29 is 4.79 Å². The summed E-state index contributed by atoms with van der Waals surface area (Å²) in [6.07, 6.45) is 7.10. The Bertz CT molecular complexity index is 625. The summed E-state index contributed by atoms with van der Waals surface area (Å²) >= 11 is 0. The Labute approximate surface area is 117 Å². The summed E-state index contributed by atoms with van der Waals surface area (Å²) < 4.78 is 1.78. The summed E-state index contributed by atoms with van der Waals surface area (Å²) in [5.41, 5.74) is 1.75. The minimum Gasteiger partial charge on any atom is -0.324 e. The summed E-state index contributed by atoms with van der Waals surface area (Å²) in [4.78, 5) is 12.4. The van der Waals surface area contributed by atoms with Crippen LogP contribution in [0.4, 0.5) is 5.69 Å². The van der Waals surface area contributed by atoms with Crippen molar-refractivity contribution in [3.8, 4) is 5.69 Å². The molecule has 0 aliphatic heterocycles. The molecule has 4 nitrogen and oxygen atoms in total. The number of aromatic nitrogens is 2. The Hall–Kier alpha value is -2.10. The molecular formula is C16H17N3O. The second kappa shape index (κ2) is 4.47. The van der Waals surface area contributed by atoms with E-state index in [1.807, 2.05) is 36.5 Å². The summed E-state index contributed by atoms with van der Waals surface area (Å²) in [5, 5.41) is 7.32. The van der Waals surface area contributed by atoms with E-state index >= 15 is 0 Å². The van der Waals surface area contributed by atoms with Crippen molar-refractivity contribution in [3.05, 3.63) is 42.7 Å². The highest BCUT2D eigenvalue weighted by atomic mass is 16.1. The Morgan fingerprint density at radius 2 is 1.95 bits per heavy atom. The van der Waals surface area contributed by atoms with Crippen LogP contribution in [0.2, 0.25) is 0 Å². The van der Waals surface area contributed by atoms with E-state index in [2.05, 4.69) is 10.4 Å². The van der Waals surface area contributed by atoms with Crippen molar-refractivity contribution in [1.29, 1.82) is 0 Å². The van der Waals surface area contributed by atoms with Crippen molar-refractivity contribution in [3.63, 3.8) is 0 Å². The molecule has 1 amide bonds. The summed E-state index contributed by atoms with van der Waals surface area (Å²) in [7, 11) is 0. The van der Waals surface area contributed by atoms with Crippen molar-refractivity contribution in [1.82, 2.24) is 9.78 Å². The molecule has 1 heterocycles. The van der Waals surface area contributed by atoms with Crippen molar-refractivity contribution >= 4 is 11.6 Å². The quantitative estimate of drug-likeness (QED) is 0.929. The second-order valence-corrected chi connectivity index (χ2v) is 5.88. The van der Waals surface area contributed by atoms with Crippen LogP contribution in [0.5, 0.6) is 0 Å². The molecule has 1 N–H and O–H groups in total. The highest BCUT2D eigenvalue weighted by Crippen LogP contribution is 2.54. The van der Waals surface area contributed by atoms with Crippen molar-refractivity contribution in [2.45, 2.75) is 19.3 Å². The number of para-hydroxylation sites is 2. The van der Waals surface area contributed by atoms with Crippen molar-refractivity contribution in [2.75, 3.05) is 5.32 Å². The number of rotatable bonds is 3. The number of benzene rings is 1. The Morgan fingerprint density at radius 1 is 1.15 bits per heavy atom. The molecule has 102 valence electrons. The van der Waals surface area contributed by atoms with Gasteiger partial charge in [0.2, 0.25) is 5.91 Å². The smallest absolute Gasteiger partial charge is 0.227 e. The Kier molecular flexibility index (Phi) is 2.62. The van der Waals surface area contributed by atoms with Gasteiger partial charge in [-0.2, -0.15) is 5.10 Å². The molecule has 0 bridgehead atoms.